The Bertz CT molecular complexity index is 653. The summed E-state index contributed by atoms with van der Waals surface area (Å²) in [5, 5.41) is 0. The summed E-state index contributed by atoms with van der Waals surface area (Å²) >= 11 is 2.89. The first-order valence-corrected chi connectivity index (χ1v) is 8.76. The predicted octanol–water partition coefficient (Wildman–Crippen LogP) is 3.17. The van der Waals surface area contributed by atoms with Crippen LogP contribution in [-0.4, -0.2) is 17.6 Å². The van der Waals surface area contributed by atoms with Gasteiger partial charge in [-0.3, -0.25) is 20.4 Å². The quantitative estimate of drug-likeness (QED) is 0.652. The number of aryl methyl sites for hydroxylation is 2. The summed E-state index contributed by atoms with van der Waals surface area (Å²) < 4.78 is 0. The summed E-state index contributed by atoms with van der Waals surface area (Å²) in [7, 11) is 0. The molecule has 1 aromatic carbocycles. The topological polar surface area (TPSA) is 58.2 Å². The molecular weight excluding hydrogens is 316 g/mol. The number of carbonyl (C=O) groups excluding carboxylic acids is 2. The van der Waals surface area contributed by atoms with Crippen LogP contribution in [-0.2, 0) is 11.2 Å². The van der Waals surface area contributed by atoms with Crippen LogP contribution in [0.15, 0.2) is 41.3 Å². The van der Waals surface area contributed by atoms with E-state index in [4.69, 9.17) is 0 Å². The predicted molar refractivity (Wildman–Crippen MR) is 91.2 cm³/mol. The lowest BCUT2D eigenvalue weighted by Gasteiger charge is -2.06. The molecule has 0 fully saturated rings. The van der Waals surface area contributed by atoms with Crippen LogP contribution in [0.3, 0.4) is 0 Å². The SMILES string of the molecule is CCc1sc(C(=O)NNC(=O)CSc2ccccc2)cc1C. The van der Waals surface area contributed by atoms with Gasteiger partial charge in [0.2, 0.25) is 5.91 Å². The van der Waals surface area contributed by atoms with Crippen LogP contribution in [0.5, 0.6) is 0 Å². The van der Waals surface area contributed by atoms with Crippen LogP contribution in [0.2, 0.25) is 0 Å². The second-order valence-corrected chi connectivity index (χ2v) is 6.86. The molecule has 0 atom stereocenters. The third-order valence-corrected chi connectivity index (χ3v) is 5.39. The van der Waals surface area contributed by atoms with Gasteiger partial charge in [0.05, 0.1) is 10.6 Å². The van der Waals surface area contributed by atoms with Crippen LogP contribution in [0, 0.1) is 6.92 Å². The Morgan fingerprint density at radius 1 is 1.18 bits per heavy atom. The molecular formula is C16H18N2O2S2. The first kappa shape index (κ1) is 16.6. The zero-order chi connectivity index (χ0) is 15.9. The maximum Gasteiger partial charge on any atom is 0.279 e. The van der Waals surface area contributed by atoms with Crippen molar-refractivity contribution in [3.8, 4) is 0 Å². The Morgan fingerprint density at radius 3 is 2.55 bits per heavy atom. The first-order chi connectivity index (χ1) is 10.6. The van der Waals surface area contributed by atoms with Gasteiger partial charge in [-0.05, 0) is 37.1 Å². The molecule has 2 aromatic rings. The fraction of sp³-hybridized carbons (Fsp3) is 0.250. The Balaban J connectivity index is 1.79. The molecule has 0 radical (unpaired) electrons. The minimum Gasteiger partial charge on any atom is -0.272 e. The molecule has 4 nitrogen and oxygen atoms in total. The molecule has 22 heavy (non-hydrogen) atoms. The number of hydrogen-bond acceptors (Lipinski definition) is 4. The van der Waals surface area contributed by atoms with Crippen molar-refractivity contribution in [1.82, 2.24) is 10.9 Å². The van der Waals surface area contributed by atoms with E-state index in [1.807, 2.05) is 43.3 Å². The Morgan fingerprint density at radius 2 is 1.91 bits per heavy atom. The van der Waals surface area contributed by atoms with E-state index in [2.05, 4.69) is 17.8 Å². The molecule has 0 saturated carbocycles. The number of nitrogens with one attached hydrogen (secondary N) is 2. The summed E-state index contributed by atoms with van der Waals surface area (Å²) in [4.78, 5) is 26.5. The lowest BCUT2D eigenvalue weighted by Crippen LogP contribution is -2.42. The van der Waals surface area contributed by atoms with Crippen LogP contribution in [0.1, 0.15) is 27.0 Å². The number of benzene rings is 1. The summed E-state index contributed by atoms with van der Waals surface area (Å²) in [6.45, 7) is 4.05. The molecule has 0 bridgehead atoms. The minimum absolute atomic E-state index is 0.230. The molecule has 0 aliphatic carbocycles. The Hall–Kier alpha value is -1.79. The normalized spacial score (nSPS) is 10.3. The fourth-order valence-corrected chi connectivity index (χ4v) is 3.60. The third-order valence-electron chi connectivity index (χ3n) is 2.99. The summed E-state index contributed by atoms with van der Waals surface area (Å²) in [6.07, 6.45) is 0.907. The molecule has 2 N–H and O–H groups in total. The van der Waals surface area contributed by atoms with Crippen molar-refractivity contribution in [2.45, 2.75) is 25.2 Å². The molecule has 0 spiro atoms. The summed E-state index contributed by atoms with van der Waals surface area (Å²) in [5.41, 5.74) is 6.02. The van der Waals surface area contributed by atoms with Gasteiger partial charge < -0.3 is 0 Å². The number of hydrazine groups is 1. The van der Waals surface area contributed by atoms with Crippen molar-refractivity contribution in [3.63, 3.8) is 0 Å². The van der Waals surface area contributed by atoms with Crippen LogP contribution >= 0.6 is 23.1 Å². The average molecular weight is 334 g/mol. The molecule has 0 aliphatic heterocycles. The van der Waals surface area contributed by atoms with E-state index in [9.17, 15) is 9.59 Å². The van der Waals surface area contributed by atoms with E-state index in [0.29, 0.717) is 4.88 Å². The van der Waals surface area contributed by atoms with Gasteiger partial charge in [0.25, 0.3) is 5.91 Å². The number of amides is 2. The molecule has 1 aromatic heterocycles. The molecule has 2 rings (SSSR count). The van der Waals surface area contributed by atoms with Gasteiger partial charge in [-0.15, -0.1) is 23.1 Å². The van der Waals surface area contributed by atoms with E-state index in [0.717, 1.165) is 16.9 Å². The highest BCUT2D eigenvalue weighted by Crippen LogP contribution is 2.22. The van der Waals surface area contributed by atoms with Gasteiger partial charge in [-0.1, -0.05) is 25.1 Å². The zero-order valence-electron chi connectivity index (χ0n) is 12.5. The lowest BCUT2D eigenvalue weighted by molar-refractivity contribution is -0.119. The number of thiophene rings is 1. The molecule has 0 saturated heterocycles. The summed E-state index contributed by atoms with van der Waals surface area (Å²) in [6, 6.07) is 11.5. The first-order valence-electron chi connectivity index (χ1n) is 6.96. The molecule has 0 aliphatic rings. The van der Waals surface area contributed by atoms with Gasteiger partial charge in [0.1, 0.15) is 0 Å². The van der Waals surface area contributed by atoms with Gasteiger partial charge >= 0.3 is 0 Å². The molecule has 0 unspecified atom stereocenters. The van der Waals surface area contributed by atoms with Gasteiger partial charge in [-0.2, -0.15) is 0 Å². The van der Waals surface area contributed by atoms with Gasteiger partial charge in [0, 0.05) is 9.77 Å². The van der Waals surface area contributed by atoms with E-state index < -0.39 is 0 Å². The Kier molecular flexibility index (Phi) is 6.03. The van der Waals surface area contributed by atoms with Crippen molar-refractivity contribution in [3.05, 3.63) is 51.7 Å². The second kappa shape index (κ2) is 8.00. The van der Waals surface area contributed by atoms with Crippen LogP contribution in [0.25, 0.3) is 0 Å². The highest BCUT2D eigenvalue weighted by atomic mass is 32.2. The van der Waals surface area contributed by atoms with Crippen molar-refractivity contribution in [2.75, 3.05) is 5.75 Å². The van der Waals surface area contributed by atoms with Crippen molar-refractivity contribution >= 4 is 34.9 Å². The van der Waals surface area contributed by atoms with Crippen molar-refractivity contribution in [1.29, 1.82) is 0 Å². The third kappa shape index (κ3) is 4.61. The van der Waals surface area contributed by atoms with Crippen molar-refractivity contribution in [2.24, 2.45) is 0 Å². The zero-order valence-corrected chi connectivity index (χ0v) is 14.1. The van der Waals surface area contributed by atoms with Gasteiger partial charge in [0.15, 0.2) is 0 Å². The highest BCUT2D eigenvalue weighted by Gasteiger charge is 2.12. The molecule has 6 heteroatoms. The van der Waals surface area contributed by atoms with E-state index in [1.165, 1.54) is 28.0 Å². The maximum absolute atomic E-state index is 12.0. The monoisotopic (exact) mass is 334 g/mol. The average Bonchev–Trinajstić information content (AvgIpc) is 2.92. The Labute approximate surface area is 138 Å². The number of hydrogen-bond donors (Lipinski definition) is 2. The van der Waals surface area contributed by atoms with Crippen LogP contribution < -0.4 is 10.9 Å². The fourth-order valence-electron chi connectivity index (χ4n) is 1.87. The number of rotatable bonds is 5. The van der Waals surface area contributed by atoms with E-state index in [-0.39, 0.29) is 17.6 Å². The standard InChI is InChI=1S/C16H18N2O2S2/c1-3-13-11(2)9-14(22-13)16(20)18-17-15(19)10-21-12-7-5-4-6-8-12/h4-9H,3,10H2,1-2H3,(H,17,19)(H,18,20). The molecule has 1 heterocycles. The van der Waals surface area contributed by atoms with Crippen LogP contribution in [0.4, 0.5) is 0 Å². The number of carbonyl (C=O) groups is 2. The molecule has 2 amide bonds. The highest BCUT2D eigenvalue weighted by molar-refractivity contribution is 8.00. The molecule has 116 valence electrons. The lowest BCUT2D eigenvalue weighted by atomic mass is 10.2. The smallest absolute Gasteiger partial charge is 0.272 e. The minimum atomic E-state index is -0.272. The number of thioether (sulfide) groups is 1. The second-order valence-electron chi connectivity index (χ2n) is 4.67. The van der Waals surface area contributed by atoms with E-state index in [1.54, 1.807) is 0 Å². The maximum atomic E-state index is 12.0. The largest absolute Gasteiger partial charge is 0.279 e. The van der Waals surface area contributed by atoms with Crippen molar-refractivity contribution < 1.29 is 9.59 Å². The van der Waals surface area contributed by atoms with Gasteiger partial charge in [-0.25, -0.2) is 0 Å². The summed E-state index contributed by atoms with van der Waals surface area (Å²) in [5.74, 6) is -0.245. The van der Waals surface area contributed by atoms with E-state index >= 15 is 0 Å².